The molecule has 0 saturated heterocycles. The standard InChI is InChI=1S/C16H18F2N4O2/c1-11(9-22-7-6-19-10-22)21-15(23)4-5-20-16(24)13-3-2-12(17)8-14(13)18/h2-3,6-8,10-11H,4-5,9H2,1H3,(H,20,24)(H,21,23). The molecule has 128 valence electrons. The fourth-order valence-corrected chi connectivity index (χ4v) is 2.16. The van der Waals surface area contributed by atoms with Gasteiger partial charge in [0.15, 0.2) is 0 Å². The maximum atomic E-state index is 13.5. The Bertz CT molecular complexity index is 704. The first kappa shape index (κ1) is 17.6. The molecule has 2 aromatic rings. The molecular weight excluding hydrogens is 318 g/mol. The summed E-state index contributed by atoms with van der Waals surface area (Å²) in [5, 5.41) is 5.22. The van der Waals surface area contributed by atoms with Crippen LogP contribution in [-0.4, -0.2) is 34.0 Å². The van der Waals surface area contributed by atoms with E-state index in [1.54, 1.807) is 18.7 Å². The summed E-state index contributed by atoms with van der Waals surface area (Å²) in [6, 6.07) is 2.60. The first-order chi connectivity index (χ1) is 11.5. The molecule has 24 heavy (non-hydrogen) atoms. The van der Waals surface area contributed by atoms with Gasteiger partial charge < -0.3 is 15.2 Å². The van der Waals surface area contributed by atoms with Crippen molar-refractivity contribution >= 4 is 11.8 Å². The number of benzene rings is 1. The SMILES string of the molecule is CC(Cn1ccnc1)NC(=O)CCNC(=O)c1ccc(F)cc1F. The molecule has 1 unspecified atom stereocenters. The fraction of sp³-hybridized carbons (Fsp3) is 0.312. The summed E-state index contributed by atoms with van der Waals surface area (Å²) < 4.78 is 28.1. The van der Waals surface area contributed by atoms with Crippen molar-refractivity contribution in [2.24, 2.45) is 0 Å². The smallest absolute Gasteiger partial charge is 0.254 e. The highest BCUT2D eigenvalue weighted by Crippen LogP contribution is 2.09. The molecule has 1 aromatic carbocycles. The largest absolute Gasteiger partial charge is 0.352 e. The molecular formula is C16H18F2N4O2. The normalized spacial score (nSPS) is 11.8. The summed E-state index contributed by atoms with van der Waals surface area (Å²) in [4.78, 5) is 27.5. The summed E-state index contributed by atoms with van der Waals surface area (Å²) >= 11 is 0. The molecule has 1 heterocycles. The van der Waals surface area contributed by atoms with Crippen LogP contribution in [-0.2, 0) is 11.3 Å². The molecule has 1 atom stereocenters. The Balaban J connectivity index is 1.72. The quantitative estimate of drug-likeness (QED) is 0.804. The van der Waals surface area contributed by atoms with Crippen LogP contribution >= 0.6 is 0 Å². The van der Waals surface area contributed by atoms with E-state index in [0.29, 0.717) is 12.6 Å². The number of hydrogen-bond acceptors (Lipinski definition) is 3. The zero-order valence-corrected chi connectivity index (χ0v) is 13.1. The van der Waals surface area contributed by atoms with Crippen molar-refractivity contribution in [1.82, 2.24) is 20.2 Å². The van der Waals surface area contributed by atoms with Crippen LogP contribution in [0.3, 0.4) is 0 Å². The van der Waals surface area contributed by atoms with Crippen molar-refractivity contribution in [1.29, 1.82) is 0 Å². The van der Waals surface area contributed by atoms with Crippen LogP contribution in [0, 0.1) is 11.6 Å². The van der Waals surface area contributed by atoms with E-state index in [1.165, 1.54) is 0 Å². The lowest BCUT2D eigenvalue weighted by atomic mass is 10.2. The molecule has 2 rings (SSSR count). The zero-order valence-electron chi connectivity index (χ0n) is 13.1. The van der Waals surface area contributed by atoms with Gasteiger partial charge in [-0.1, -0.05) is 0 Å². The highest BCUT2D eigenvalue weighted by atomic mass is 19.1. The Morgan fingerprint density at radius 1 is 1.33 bits per heavy atom. The molecule has 0 aliphatic carbocycles. The lowest BCUT2D eigenvalue weighted by Crippen LogP contribution is -2.37. The Morgan fingerprint density at radius 2 is 2.12 bits per heavy atom. The highest BCUT2D eigenvalue weighted by Gasteiger charge is 2.13. The third-order valence-corrected chi connectivity index (χ3v) is 3.26. The van der Waals surface area contributed by atoms with E-state index in [1.807, 2.05) is 11.5 Å². The van der Waals surface area contributed by atoms with Gasteiger partial charge in [0.1, 0.15) is 11.6 Å². The van der Waals surface area contributed by atoms with Crippen LogP contribution in [0.1, 0.15) is 23.7 Å². The van der Waals surface area contributed by atoms with Crippen LogP contribution < -0.4 is 10.6 Å². The second-order valence-electron chi connectivity index (χ2n) is 5.36. The third-order valence-electron chi connectivity index (χ3n) is 3.26. The van der Waals surface area contributed by atoms with E-state index in [0.717, 1.165) is 12.1 Å². The van der Waals surface area contributed by atoms with Gasteiger partial charge in [-0.25, -0.2) is 13.8 Å². The highest BCUT2D eigenvalue weighted by molar-refractivity contribution is 5.94. The first-order valence-electron chi connectivity index (χ1n) is 7.44. The maximum Gasteiger partial charge on any atom is 0.254 e. The number of halogens is 2. The lowest BCUT2D eigenvalue weighted by molar-refractivity contribution is -0.121. The van der Waals surface area contributed by atoms with E-state index in [-0.39, 0.29) is 30.5 Å². The lowest BCUT2D eigenvalue weighted by Gasteiger charge is -2.14. The van der Waals surface area contributed by atoms with E-state index >= 15 is 0 Å². The van der Waals surface area contributed by atoms with E-state index < -0.39 is 17.5 Å². The molecule has 2 N–H and O–H groups in total. The van der Waals surface area contributed by atoms with Crippen molar-refractivity contribution in [3.05, 3.63) is 54.1 Å². The Kier molecular flexibility index (Phi) is 6.00. The molecule has 8 heteroatoms. The minimum absolute atomic E-state index is 0.0548. The molecule has 0 aliphatic rings. The predicted molar refractivity (Wildman–Crippen MR) is 83.1 cm³/mol. The molecule has 6 nitrogen and oxygen atoms in total. The minimum Gasteiger partial charge on any atom is -0.352 e. The van der Waals surface area contributed by atoms with Gasteiger partial charge in [-0.2, -0.15) is 0 Å². The number of rotatable bonds is 7. The number of carbonyl (C=O) groups is 2. The fourth-order valence-electron chi connectivity index (χ4n) is 2.16. The molecule has 0 fully saturated rings. The molecule has 0 aliphatic heterocycles. The number of imidazole rings is 1. The molecule has 0 spiro atoms. The number of hydrogen-bond donors (Lipinski definition) is 2. The number of carbonyl (C=O) groups excluding carboxylic acids is 2. The third kappa shape index (κ3) is 5.15. The molecule has 1 aromatic heterocycles. The van der Waals surface area contributed by atoms with Crippen molar-refractivity contribution < 1.29 is 18.4 Å². The molecule has 0 saturated carbocycles. The van der Waals surface area contributed by atoms with Crippen LogP contribution in [0.2, 0.25) is 0 Å². The minimum atomic E-state index is -0.939. The Morgan fingerprint density at radius 3 is 2.79 bits per heavy atom. The predicted octanol–water partition coefficient (Wildman–Crippen LogP) is 1.49. The first-order valence-corrected chi connectivity index (χ1v) is 7.44. The van der Waals surface area contributed by atoms with Gasteiger partial charge in [0, 0.05) is 44.0 Å². The zero-order chi connectivity index (χ0) is 17.5. The van der Waals surface area contributed by atoms with Crippen LogP contribution in [0.15, 0.2) is 36.9 Å². The topological polar surface area (TPSA) is 76.0 Å². The average molecular weight is 336 g/mol. The molecule has 0 radical (unpaired) electrons. The van der Waals surface area contributed by atoms with Gasteiger partial charge in [0.05, 0.1) is 11.9 Å². The van der Waals surface area contributed by atoms with Crippen molar-refractivity contribution in [2.45, 2.75) is 25.9 Å². The average Bonchev–Trinajstić information content (AvgIpc) is 2.99. The number of nitrogens with zero attached hydrogens (tertiary/aromatic N) is 2. The maximum absolute atomic E-state index is 13.5. The summed E-state index contributed by atoms with van der Waals surface area (Å²) in [5.41, 5.74) is -0.259. The van der Waals surface area contributed by atoms with Crippen LogP contribution in [0.25, 0.3) is 0 Å². The Hall–Kier alpha value is -2.77. The van der Waals surface area contributed by atoms with Crippen LogP contribution in [0.4, 0.5) is 8.78 Å². The van der Waals surface area contributed by atoms with E-state index in [9.17, 15) is 18.4 Å². The molecule has 2 amide bonds. The van der Waals surface area contributed by atoms with Gasteiger partial charge >= 0.3 is 0 Å². The summed E-state index contributed by atoms with van der Waals surface area (Å²) in [6.45, 7) is 2.49. The summed E-state index contributed by atoms with van der Waals surface area (Å²) in [5.74, 6) is -2.62. The van der Waals surface area contributed by atoms with E-state index in [2.05, 4.69) is 15.6 Å². The summed E-state index contributed by atoms with van der Waals surface area (Å²) in [6.07, 6.45) is 5.15. The van der Waals surface area contributed by atoms with Crippen molar-refractivity contribution in [3.63, 3.8) is 0 Å². The monoisotopic (exact) mass is 336 g/mol. The second kappa shape index (κ2) is 8.19. The number of nitrogens with one attached hydrogen (secondary N) is 2. The van der Waals surface area contributed by atoms with Crippen LogP contribution in [0.5, 0.6) is 0 Å². The van der Waals surface area contributed by atoms with Gasteiger partial charge in [-0.15, -0.1) is 0 Å². The van der Waals surface area contributed by atoms with Gasteiger partial charge in [0.2, 0.25) is 5.91 Å². The van der Waals surface area contributed by atoms with Crippen molar-refractivity contribution in [3.8, 4) is 0 Å². The summed E-state index contributed by atoms with van der Waals surface area (Å²) in [7, 11) is 0. The number of aromatic nitrogens is 2. The second-order valence-corrected chi connectivity index (χ2v) is 5.36. The van der Waals surface area contributed by atoms with Crippen molar-refractivity contribution in [2.75, 3.05) is 6.54 Å². The number of amides is 2. The van der Waals surface area contributed by atoms with Gasteiger partial charge in [-0.05, 0) is 19.1 Å². The van der Waals surface area contributed by atoms with Gasteiger partial charge in [0.25, 0.3) is 5.91 Å². The van der Waals surface area contributed by atoms with Gasteiger partial charge in [-0.3, -0.25) is 9.59 Å². The molecule has 0 bridgehead atoms. The van der Waals surface area contributed by atoms with E-state index in [4.69, 9.17) is 0 Å². The Labute approximate surface area is 137 Å².